The van der Waals surface area contributed by atoms with Crippen molar-refractivity contribution in [2.24, 2.45) is 0 Å². The van der Waals surface area contributed by atoms with Gasteiger partial charge in [0, 0.05) is 83.3 Å². The fourth-order valence-electron chi connectivity index (χ4n) is 8.16. The summed E-state index contributed by atoms with van der Waals surface area (Å²) in [5.41, 5.74) is 3.26. The number of aliphatic hydroxyl groups is 1. The number of H-pyrrole nitrogens is 1. The number of hydrogen-bond donors (Lipinski definition) is 4. The Balaban J connectivity index is 0.000000194. The number of aromatic amines is 1. The van der Waals surface area contributed by atoms with E-state index in [0.29, 0.717) is 78.2 Å². The molecular weight excluding hydrogens is 898 g/mol. The van der Waals surface area contributed by atoms with Crippen LogP contribution in [0.3, 0.4) is 0 Å². The SMILES string of the molecule is CC(C)NC[C@@H](C(=O)N1CCN(c2ncnc3c2[C@H](C)C[C@H]3O)CC1)c1ccc(Cl)cc1.CCCS(=O)(=O)Nc1ccc(F)c(C(=O)c2c[nH]c3ncc(-c4ccc(Cl)cc4)cc23)c1F. The van der Waals surface area contributed by atoms with Gasteiger partial charge in [0.2, 0.25) is 21.7 Å². The predicted molar refractivity (Wildman–Crippen MR) is 250 cm³/mol. The summed E-state index contributed by atoms with van der Waals surface area (Å²) < 4.78 is 55.8. The zero-order valence-corrected chi connectivity index (χ0v) is 38.6. The number of carbonyl (C=O) groups excluding carboxylic acids is 2. The number of aliphatic hydroxyl groups excluding tert-OH is 1. The fraction of sp³-hybridized carbons (Fsp3) is 0.340. The van der Waals surface area contributed by atoms with Gasteiger partial charge >= 0.3 is 0 Å². The van der Waals surface area contributed by atoms with Gasteiger partial charge in [-0.05, 0) is 72.4 Å². The maximum atomic E-state index is 15.1. The van der Waals surface area contributed by atoms with E-state index < -0.39 is 44.8 Å². The highest BCUT2D eigenvalue weighted by Crippen LogP contribution is 2.43. The van der Waals surface area contributed by atoms with E-state index in [0.717, 1.165) is 40.3 Å². The second kappa shape index (κ2) is 20.3. The Bertz CT molecular complexity index is 2790. The number of piperazine rings is 1. The molecule has 1 saturated heterocycles. The van der Waals surface area contributed by atoms with E-state index in [1.165, 1.54) is 6.20 Å². The standard InChI is InChI=1S/C24H32ClN5O2.C23H18ClF2N3O3S/c1-15(2)26-13-19(17-4-6-18(25)7-5-17)24(32)30-10-8-29(9-11-30)23-21-16(3)12-20(31)22(21)27-14-28-23;1-2-9-33(31,32)29-19-8-7-18(25)20(21(19)26)22(30)17-12-28-23-16(17)10-14(11-27-23)13-3-5-15(24)6-4-13/h4-7,14-16,19-20,26,31H,8-13H2,1-3H3;3-8,10-12,29H,2,9H2,1H3,(H,27,28)/t16-,19-,20-;/m1./s1. The van der Waals surface area contributed by atoms with Crippen molar-refractivity contribution in [3.8, 4) is 11.1 Å². The van der Waals surface area contributed by atoms with Crippen molar-refractivity contribution in [2.45, 2.75) is 64.5 Å². The Kier molecular flexibility index (Phi) is 14.8. The Morgan fingerprint density at radius 1 is 0.938 bits per heavy atom. The van der Waals surface area contributed by atoms with Crippen molar-refractivity contribution in [2.75, 3.05) is 48.1 Å². The largest absolute Gasteiger partial charge is 0.387 e. The van der Waals surface area contributed by atoms with Crippen molar-refractivity contribution in [1.29, 1.82) is 0 Å². The molecule has 0 spiro atoms. The lowest BCUT2D eigenvalue weighted by Crippen LogP contribution is -2.51. The number of pyridine rings is 1. The Morgan fingerprint density at radius 3 is 2.28 bits per heavy atom. The van der Waals surface area contributed by atoms with E-state index in [-0.39, 0.29) is 29.1 Å². The predicted octanol–water partition coefficient (Wildman–Crippen LogP) is 8.65. The van der Waals surface area contributed by atoms with Crippen LogP contribution < -0.4 is 14.9 Å². The molecule has 8 rings (SSSR count). The number of halogens is 4. The summed E-state index contributed by atoms with van der Waals surface area (Å²) in [5, 5.41) is 15.3. The van der Waals surface area contributed by atoms with Crippen molar-refractivity contribution >= 4 is 67.5 Å². The number of amides is 1. The molecule has 1 aliphatic carbocycles. The van der Waals surface area contributed by atoms with Crippen molar-refractivity contribution < 1.29 is 31.9 Å². The number of benzene rings is 3. The second-order valence-electron chi connectivity index (χ2n) is 16.5. The number of sulfonamides is 1. The summed E-state index contributed by atoms with van der Waals surface area (Å²) in [7, 11) is -3.84. The number of anilines is 2. The summed E-state index contributed by atoms with van der Waals surface area (Å²) in [6, 6.07) is 18.3. The van der Waals surface area contributed by atoms with E-state index in [1.807, 2.05) is 29.2 Å². The van der Waals surface area contributed by atoms with Gasteiger partial charge in [0.15, 0.2) is 5.82 Å². The van der Waals surface area contributed by atoms with Gasteiger partial charge in [0.05, 0.1) is 34.7 Å². The lowest BCUT2D eigenvalue weighted by atomic mass is 9.96. The average molecular weight is 948 g/mol. The maximum absolute atomic E-state index is 15.1. The summed E-state index contributed by atoms with van der Waals surface area (Å²) in [6.45, 7) is 11.2. The van der Waals surface area contributed by atoms with Gasteiger partial charge in [-0.25, -0.2) is 32.2 Å². The third-order valence-electron chi connectivity index (χ3n) is 11.5. The smallest absolute Gasteiger partial charge is 0.232 e. The molecule has 1 amide bonds. The monoisotopic (exact) mass is 946 g/mol. The van der Waals surface area contributed by atoms with E-state index in [1.54, 1.807) is 49.8 Å². The number of carbonyl (C=O) groups is 2. The zero-order chi connectivity index (χ0) is 46.6. The van der Waals surface area contributed by atoms with Gasteiger partial charge in [-0.3, -0.25) is 14.3 Å². The van der Waals surface area contributed by atoms with Crippen molar-refractivity contribution in [3.63, 3.8) is 0 Å². The van der Waals surface area contributed by atoms with Gasteiger partial charge in [-0.2, -0.15) is 0 Å². The molecular formula is C47H50Cl2F2N8O5S. The van der Waals surface area contributed by atoms with Gasteiger partial charge < -0.3 is 25.2 Å². The van der Waals surface area contributed by atoms with E-state index >= 15 is 4.39 Å². The number of hydrogen-bond acceptors (Lipinski definition) is 10. The molecule has 3 aromatic carbocycles. The number of nitrogens with zero attached hydrogens (tertiary/aromatic N) is 5. The third-order valence-corrected chi connectivity index (χ3v) is 13.5. The van der Waals surface area contributed by atoms with Gasteiger partial charge in [-0.15, -0.1) is 0 Å². The number of rotatable bonds is 13. The highest BCUT2D eigenvalue weighted by Gasteiger charge is 2.35. The van der Waals surface area contributed by atoms with Gasteiger partial charge in [0.25, 0.3) is 0 Å². The summed E-state index contributed by atoms with van der Waals surface area (Å²) in [4.78, 5) is 46.8. The zero-order valence-electron chi connectivity index (χ0n) is 36.3. The average Bonchev–Trinajstić information content (AvgIpc) is 3.84. The Morgan fingerprint density at radius 2 is 1.62 bits per heavy atom. The molecule has 65 heavy (non-hydrogen) atoms. The molecule has 18 heteroatoms. The van der Waals surface area contributed by atoms with Crippen LogP contribution in [0, 0.1) is 11.6 Å². The lowest BCUT2D eigenvalue weighted by molar-refractivity contribution is -0.133. The summed E-state index contributed by atoms with van der Waals surface area (Å²) in [6.07, 6.45) is 4.94. The first-order chi connectivity index (χ1) is 31.0. The minimum absolute atomic E-state index is 0.000297. The first kappa shape index (κ1) is 47.4. The minimum atomic E-state index is -3.84. The molecule has 2 aliphatic rings. The molecule has 3 aromatic heterocycles. The molecule has 3 atom stereocenters. The number of nitrogens with one attached hydrogen (secondary N) is 3. The first-order valence-corrected chi connectivity index (χ1v) is 23.8. The van der Waals surface area contributed by atoms with Crippen LogP contribution in [0.25, 0.3) is 22.2 Å². The number of aromatic nitrogens is 4. The lowest BCUT2D eigenvalue weighted by Gasteiger charge is -2.38. The number of ketones is 1. The maximum Gasteiger partial charge on any atom is 0.232 e. The van der Waals surface area contributed by atoms with Crippen LogP contribution in [0.15, 0.2) is 85.5 Å². The van der Waals surface area contributed by atoms with E-state index in [4.69, 9.17) is 23.2 Å². The van der Waals surface area contributed by atoms with Gasteiger partial charge in [-0.1, -0.05) is 75.2 Å². The normalized spacial score (nSPS) is 16.6. The number of fused-ring (bicyclic) bond motifs is 2. The quantitative estimate of drug-likeness (QED) is 0.0821. The second-order valence-corrected chi connectivity index (χ2v) is 19.2. The summed E-state index contributed by atoms with van der Waals surface area (Å²) in [5.74, 6) is -2.55. The minimum Gasteiger partial charge on any atom is -0.387 e. The molecule has 342 valence electrons. The van der Waals surface area contributed by atoms with Crippen molar-refractivity contribution in [3.05, 3.63) is 135 Å². The molecule has 1 aliphatic heterocycles. The topological polar surface area (TPSA) is 174 Å². The molecule has 0 saturated carbocycles. The van der Waals surface area contributed by atoms with Crippen LogP contribution >= 0.6 is 23.2 Å². The van der Waals surface area contributed by atoms with Crippen LogP contribution in [-0.4, -0.2) is 94.6 Å². The van der Waals surface area contributed by atoms with E-state index in [9.17, 15) is 27.5 Å². The van der Waals surface area contributed by atoms with Gasteiger partial charge in [0.1, 0.15) is 23.6 Å². The molecule has 0 radical (unpaired) electrons. The molecule has 4 heterocycles. The van der Waals surface area contributed by atoms with E-state index in [2.05, 4.69) is 55.6 Å². The van der Waals surface area contributed by atoms with Crippen LogP contribution in [-0.2, 0) is 14.8 Å². The fourth-order valence-corrected chi connectivity index (χ4v) is 9.55. The molecule has 6 aromatic rings. The molecule has 0 unspecified atom stereocenters. The van der Waals surface area contributed by atoms with Crippen LogP contribution in [0.5, 0.6) is 0 Å². The highest BCUT2D eigenvalue weighted by molar-refractivity contribution is 7.92. The van der Waals surface area contributed by atoms with Crippen molar-refractivity contribution in [1.82, 2.24) is 30.2 Å². The molecule has 1 fully saturated rings. The van der Waals surface area contributed by atoms with Crippen LogP contribution in [0.4, 0.5) is 20.3 Å². The van der Waals surface area contributed by atoms with Crippen LogP contribution in [0.2, 0.25) is 10.0 Å². The first-order valence-electron chi connectivity index (χ1n) is 21.4. The molecule has 4 N–H and O–H groups in total. The Hall–Kier alpha value is -5.52. The third kappa shape index (κ3) is 10.8. The Labute approximate surface area is 386 Å². The molecule has 13 nitrogen and oxygen atoms in total. The van der Waals surface area contributed by atoms with Crippen LogP contribution in [0.1, 0.15) is 91.2 Å². The highest BCUT2D eigenvalue weighted by atomic mass is 35.5. The summed E-state index contributed by atoms with van der Waals surface area (Å²) >= 11 is 12.0. The molecule has 0 bridgehead atoms.